The third-order valence-corrected chi connectivity index (χ3v) is 4.04. The molecular weight excluding hydrogens is 285 g/mol. The maximum atomic E-state index is 13.2. The van der Waals surface area contributed by atoms with Crippen molar-refractivity contribution in [2.45, 2.75) is 18.0 Å². The van der Waals surface area contributed by atoms with Gasteiger partial charge >= 0.3 is 0 Å². The second-order valence-corrected chi connectivity index (χ2v) is 5.69. The zero-order valence-corrected chi connectivity index (χ0v) is 11.1. The van der Waals surface area contributed by atoms with Crippen LogP contribution in [0.25, 0.3) is 0 Å². The number of aliphatic hydroxyl groups excluding tert-OH is 1. The average molecular weight is 297 g/mol. The Morgan fingerprint density at radius 1 is 1.30 bits per heavy atom. The van der Waals surface area contributed by atoms with E-state index in [0.29, 0.717) is 5.69 Å². The minimum absolute atomic E-state index is 0.0719. The van der Waals surface area contributed by atoms with Crippen LogP contribution >= 0.6 is 0 Å². The van der Waals surface area contributed by atoms with Gasteiger partial charge in [-0.15, -0.1) is 0 Å². The predicted molar refractivity (Wildman–Crippen MR) is 68.4 cm³/mol. The molecule has 6 nitrogen and oxygen atoms in total. The highest BCUT2D eigenvalue weighted by Crippen LogP contribution is 2.17. The first kappa shape index (κ1) is 14.5. The molecular formula is C12H12FN3O3S. The van der Waals surface area contributed by atoms with Crippen LogP contribution in [0, 0.1) is 5.82 Å². The molecule has 0 fully saturated rings. The highest BCUT2D eigenvalue weighted by Gasteiger charge is 2.19. The molecule has 0 saturated heterocycles. The summed E-state index contributed by atoms with van der Waals surface area (Å²) in [6.45, 7) is -0.570. The van der Waals surface area contributed by atoms with Crippen molar-refractivity contribution in [1.29, 1.82) is 0 Å². The van der Waals surface area contributed by atoms with Gasteiger partial charge in [0.05, 0.1) is 23.7 Å². The third kappa shape index (κ3) is 3.35. The molecule has 20 heavy (non-hydrogen) atoms. The van der Waals surface area contributed by atoms with Crippen LogP contribution in [-0.4, -0.2) is 23.7 Å². The van der Waals surface area contributed by atoms with E-state index in [-0.39, 0.29) is 17.0 Å². The smallest absolute Gasteiger partial charge is 0.241 e. The van der Waals surface area contributed by atoms with Gasteiger partial charge in [-0.25, -0.2) is 17.5 Å². The van der Waals surface area contributed by atoms with E-state index in [1.54, 1.807) is 12.1 Å². The molecule has 2 N–H and O–H groups in total. The molecule has 0 unspecified atom stereocenters. The number of aromatic nitrogens is 2. The Hall–Kier alpha value is -1.90. The molecule has 1 heterocycles. The standard InChI is InChI=1S/C12H12FN3O3S/c13-10-4-3-9(8-17)12(6-10)20(18,19)15-7-11-2-1-5-14-16-11/h1-6,15,17H,7-8H2. The Bertz CT molecular complexity index is 692. The number of benzene rings is 1. The van der Waals surface area contributed by atoms with Gasteiger partial charge in [0.2, 0.25) is 10.0 Å². The molecule has 8 heteroatoms. The normalized spacial score (nSPS) is 11.5. The topological polar surface area (TPSA) is 92.2 Å². The fraction of sp³-hybridized carbons (Fsp3) is 0.167. The lowest BCUT2D eigenvalue weighted by molar-refractivity contribution is 0.278. The van der Waals surface area contributed by atoms with E-state index in [1.807, 2.05) is 0 Å². The van der Waals surface area contributed by atoms with Gasteiger partial charge in [-0.05, 0) is 29.8 Å². The van der Waals surface area contributed by atoms with E-state index in [9.17, 15) is 12.8 Å². The summed E-state index contributed by atoms with van der Waals surface area (Å²) in [7, 11) is -3.94. The van der Waals surface area contributed by atoms with E-state index < -0.39 is 22.4 Å². The molecule has 0 atom stereocenters. The van der Waals surface area contributed by atoms with Crippen molar-refractivity contribution in [2.24, 2.45) is 0 Å². The largest absolute Gasteiger partial charge is 0.392 e. The zero-order chi connectivity index (χ0) is 14.6. The minimum atomic E-state index is -3.94. The van der Waals surface area contributed by atoms with Crippen molar-refractivity contribution < 1.29 is 17.9 Å². The van der Waals surface area contributed by atoms with E-state index in [1.165, 1.54) is 12.3 Å². The summed E-state index contributed by atoms with van der Waals surface area (Å²) in [4.78, 5) is -0.288. The van der Waals surface area contributed by atoms with Crippen molar-refractivity contribution in [2.75, 3.05) is 0 Å². The third-order valence-electron chi connectivity index (χ3n) is 2.56. The van der Waals surface area contributed by atoms with E-state index in [2.05, 4.69) is 14.9 Å². The Morgan fingerprint density at radius 2 is 2.10 bits per heavy atom. The number of sulfonamides is 1. The summed E-state index contributed by atoms with van der Waals surface area (Å²) >= 11 is 0. The summed E-state index contributed by atoms with van der Waals surface area (Å²) in [5, 5.41) is 16.5. The highest BCUT2D eigenvalue weighted by atomic mass is 32.2. The molecule has 1 aromatic carbocycles. The molecule has 0 saturated carbocycles. The fourth-order valence-corrected chi connectivity index (χ4v) is 2.82. The van der Waals surface area contributed by atoms with Gasteiger partial charge in [-0.1, -0.05) is 6.07 Å². The number of hydrogen-bond acceptors (Lipinski definition) is 5. The van der Waals surface area contributed by atoms with Gasteiger partial charge in [0, 0.05) is 6.20 Å². The lowest BCUT2D eigenvalue weighted by atomic mass is 10.2. The molecule has 2 rings (SSSR count). The van der Waals surface area contributed by atoms with Crippen molar-refractivity contribution in [3.63, 3.8) is 0 Å². The predicted octanol–water partition coefficient (Wildman–Crippen LogP) is 0.586. The molecule has 0 aliphatic rings. The first-order chi connectivity index (χ1) is 9.53. The molecule has 0 aliphatic carbocycles. The average Bonchev–Trinajstić information content (AvgIpc) is 2.46. The number of nitrogens with one attached hydrogen (secondary N) is 1. The van der Waals surface area contributed by atoms with Gasteiger partial charge in [-0.2, -0.15) is 10.2 Å². The van der Waals surface area contributed by atoms with Crippen molar-refractivity contribution in [3.8, 4) is 0 Å². The Labute approximate surface area is 115 Å². The Balaban J connectivity index is 2.24. The molecule has 2 aromatic rings. The van der Waals surface area contributed by atoms with Gasteiger partial charge in [-0.3, -0.25) is 0 Å². The molecule has 0 bridgehead atoms. The van der Waals surface area contributed by atoms with Gasteiger partial charge < -0.3 is 5.11 Å². The second-order valence-electron chi connectivity index (χ2n) is 3.95. The number of nitrogens with zero attached hydrogens (tertiary/aromatic N) is 2. The number of hydrogen-bond donors (Lipinski definition) is 2. The molecule has 106 valence electrons. The zero-order valence-electron chi connectivity index (χ0n) is 10.3. The van der Waals surface area contributed by atoms with Gasteiger partial charge in [0.15, 0.2) is 0 Å². The van der Waals surface area contributed by atoms with E-state index in [0.717, 1.165) is 12.1 Å². The summed E-state index contributed by atoms with van der Waals surface area (Å²) in [5.74, 6) is -0.693. The van der Waals surface area contributed by atoms with Crippen molar-refractivity contribution >= 4 is 10.0 Å². The lowest BCUT2D eigenvalue weighted by Gasteiger charge is -2.10. The molecule has 1 aromatic heterocycles. The first-order valence-electron chi connectivity index (χ1n) is 5.68. The van der Waals surface area contributed by atoms with Crippen LogP contribution in [0.3, 0.4) is 0 Å². The number of aliphatic hydroxyl groups is 1. The minimum Gasteiger partial charge on any atom is -0.392 e. The monoisotopic (exact) mass is 297 g/mol. The maximum absolute atomic E-state index is 13.2. The van der Waals surface area contributed by atoms with E-state index >= 15 is 0 Å². The number of rotatable bonds is 5. The van der Waals surface area contributed by atoms with Crippen LogP contribution in [0.1, 0.15) is 11.3 Å². The SMILES string of the molecule is O=S(=O)(NCc1cccnn1)c1cc(F)ccc1CO. The maximum Gasteiger partial charge on any atom is 0.241 e. The van der Waals surface area contributed by atoms with Crippen LogP contribution in [-0.2, 0) is 23.2 Å². The van der Waals surface area contributed by atoms with Crippen LogP contribution in [0.5, 0.6) is 0 Å². The summed E-state index contributed by atoms with van der Waals surface area (Å²) in [6, 6.07) is 6.41. The van der Waals surface area contributed by atoms with Crippen molar-refractivity contribution in [1.82, 2.24) is 14.9 Å². The second kappa shape index (κ2) is 6.04. The molecule has 0 radical (unpaired) electrons. The van der Waals surface area contributed by atoms with Gasteiger partial charge in [0.25, 0.3) is 0 Å². The fourth-order valence-electron chi connectivity index (χ4n) is 1.58. The first-order valence-corrected chi connectivity index (χ1v) is 7.17. The summed E-state index contributed by atoms with van der Waals surface area (Å²) in [6.07, 6.45) is 1.47. The van der Waals surface area contributed by atoms with Crippen molar-refractivity contribution in [3.05, 3.63) is 53.6 Å². The van der Waals surface area contributed by atoms with Crippen LogP contribution in [0.4, 0.5) is 4.39 Å². The quantitative estimate of drug-likeness (QED) is 0.842. The molecule has 0 amide bonds. The summed E-state index contributed by atoms with van der Waals surface area (Å²) in [5.41, 5.74) is 0.552. The van der Waals surface area contributed by atoms with Crippen LogP contribution in [0.15, 0.2) is 41.4 Å². The van der Waals surface area contributed by atoms with Crippen LogP contribution < -0.4 is 4.72 Å². The molecule has 0 spiro atoms. The summed E-state index contributed by atoms with van der Waals surface area (Å²) < 4.78 is 39.7. The Morgan fingerprint density at radius 3 is 2.75 bits per heavy atom. The lowest BCUT2D eigenvalue weighted by Crippen LogP contribution is -2.25. The highest BCUT2D eigenvalue weighted by molar-refractivity contribution is 7.89. The van der Waals surface area contributed by atoms with E-state index in [4.69, 9.17) is 5.11 Å². The Kier molecular flexibility index (Phi) is 4.38. The van der Waals surface area contributed by atoms with Crippen LogP contribution in [0.2, 0.25) is 0 Å². The van der Waals surface area contributed by atoms with Gasteiger partial charge in [0.1, 0.15) is 5.82 Å². The number of halogens is 1. The molecule has 0 aliphatic heterocycles.